The summed E-state index contributed by atoms with van der Waals surface area (Å²) in [4.78, 5) is 4.20. The van der Waals surface area contributed by atoms with Crippen LogP contribution in [0.2, 0.25) is 0 Å². The Kier molecular flexibility index (Phi) is 7.14. The number of nitrogens with zero attached hydrogens (tertiary/aromatic N) is 2. The topological polar surface area (TPSA) is 71.5 Å². The van der Waals surface area contributed by atoms with E-state index in [4.69, 9.17) is 4.74 Å². The van der Waals surface area contributed by atoms with Crippen LogP contribution < -0.4 is 9.46 Å². The number of nitrogens with one attached hydrogen (secondary N) is 1. The van der Waals surface area contributed by atoms with E-state index in [9.17, 15) is 8.42 Å². The van der Waals surface area contributed by atoms with Gasteiger partial charge in [0.05, 0.1) is 0 Å². The van der Waals surface area contributed by atoms with Crippen molar-refractivity contribution in [1.29, 1.82) is 0 Å². The Balaban J connectivity index is 2.01. The van der Waals surface area contributed by atoms with Gasteiger partial charge in [0.25, 0.3) is 10.2 Å². The van der Waals surface area contributed by atoms with E-state index < -0.39 is 10.2 Å². The first-order valence-electron chi connectivity index (χ1n) is 8.73. The van der Waals surface area contributed by atoms with Gasteiger partial charge in [-0.15, -0.1) is 0 Å². The fourth-order valence-electron chi connectivity index (χ4n) is 2.30. The summed E-state index contributed by atoms with van der Waals surface area (Å²) in [6.07, 6.45) is 3.39. The van der Waals surface area contributed by atoms with Crippen LogP contribution in [-0.2, 0) is 16.8 Å². The zero-order valence-electron chi connectivity index (χ0n) is 15.8. The highest BCUT2D eigenvalue weighted by Gasteiger charge is 2.16. The van der Waals surface area contributed by atoms with Crippen LogP contribution in [0, 0.1) is 13.8 Å². The molecular weight excluding hydrogens is 350 g/mol. The largest absolute Gasteiger partial charge is 0.439 e. The van der Waals surface area contributed by atoms with Crippen LogP contribution >= 0.6 is 0 Å². The molecule has 1 aromatic carbocycles. The number of aromatic nitrogens is 1. The Morgan fingerprint density at radius 2 is 1.92 bits per heavy atom. The normalized spacial score (nSPS) is 11.7. The lowest BCUT2D eigenvalue weighted by Gasteiger charge is -2.17. The Morgan fingerprint density at radius 1 is 1.15 bits per heavy atom. The molecule has 26 heavy (non-hydrogen) atoms. The van der Waals surface area contributed by atoms with E-state index in [-0.39, 0.29) is 6.54 Å². The van der Waals surface area contributed by atoms with E-state index in [1.165, 1.54) is 9.87 Å². The molecule has 0 aliphatic carbocycles. The van der Waals surface area contributed by atoms with Gasteiger partial charge >= 0.3 is 0 Å². The van der Waals surface area contributed by atoms with Gasteiger partial charge in [0, 0.05) is 32.4 Å². The second-order valence-corrected chi connectivity index (χ2v) is 8.21. The van der Waals surface area contributed by atoms with Gasteiger partial charge in [0.15, 0.2) is 0 Å². The molecule has 0 bridgehead atoms. The monoisotopic (exact) mass is 377 g/mol. The Morgan fingerprint density at radius 3 is 2.62 bits per heavy atom. The third-order valence-corrected chi connectivity index (χ3v) is 5.71. The van der Waals surface area contributed by atoms with Gasteiger partial charge in [-0.1, -0.05) is 19.4 Å². The van der Waals surface area contributed by atoms with Gasteiger partial charge in [0.2, 0.25) is 5.88 Å². The second-order valence-electron chi connectivity index (χ2n) is 6.35. The summed E-state index contributed by atoms with van der Waals surface area (Å²) in [5.74, 6) is 1.14. The van der Waals surface area contributed by atoms with Gasteiger partial charge in [0.1, 0.15) is 5.75 Å². The lowest BCUT2D eigenvalue weighted by molar-refractivity contribution is 0.447. The molecule has 0 spiro atoms. The van der Waals surface area contributed by atoms with Crippen molar-refractivity contribution < 1.29 is 13.2 Å². The minimum Gasteiger partial charge on any atom is -0.439 e. The van der Waals surface area contributed by atoms with Crippen LogP contribution in [0.25, 0.3) is 0 Å². The van der Waals surface area contributed by atoms with Crippen molar-refractivity contribution in [1.82, 2.24) is 14.0 Å². The van der Waals surface area contributed by atoms with Gasteiger partial charge in [-0.05, 0) is 55.2 Å². The standard InChI is InChI=1S/C19H27N3O3S/c1-5-6-11-22(4)26(23,24)21-14-17-9-10-20-19(13-17)25-18-8-7-15(2)16(3)12-18/h7-10,12-13,21H,5-6,11,14H2,1-4H3. The molecule has 1 N–H and O–H groups in total. The molecule has 2 aromatic rings. The van der Waals surface area contributed by atoms with E-state index in [0.717, 1.165) is 24.0 Å². The highest BCUT2D eigenvalue weighted by Crippen LogP contribution is 2.22. The summed E-state index contributed by atoms with van der Waals surface area (Å²) in [7, 11) is -1.91. The number of benzene rings is 1. The van der Waals surface area contributed by atoms with E-state index in [1.54, 1.807) is 25.4 Å². The van der Waals surface area contributed by atoms with E-state index in [0.29, 0.717) is 18.2 Å². The Labute approximate surface area is 156 Å². The summed E-state index contributed by atoms with van der Waals surface area (Å²) in [6, 6.07) is 9.34. The molecule has 7 heteroatoms. The number of rotatable bonds is 9. The molecule has 0 aliphatic rings. The molecule has 1 aromatic heterocycles. The lowest BCUT2D eigenvalue weighted by atomic mass is 10.1. The van der Waals surface area contributed by atoms with Gasteiger partial charge < -0.3 is 4.74 Å². The molecule has 6 nitrogen and oxygen atoms in total. The maximum atomic E-state index is 12.2. The first kappa shape index (κ1) is 20.4. The molecule has 2 rings (SSSR count). The smallest absolute Gasteiger partial charge is 0.279 e. The van der Waals surface area contributed by atoms with Crippen molar-refractivity contribution in [3.8, 4) is 11.6 Å². The third kappa shape index (κ3) is 5.79. The van der Waals surface area contributed by atoms with Crippen LogP contribution in [0.3, 0.4) is 0 Å². The van der Waals surface area contributed by atoms with Crippen molar-refractivity contribution >= 4 is 10.2 Å². The summed E-state index contributed by atoms with van der Waals surface area (Å²) in [6.45, 7) is 6.79. The fraction of sp³-hybridized carbons (Fsp3) is 0.421. The van der Waals surface area contributed by atoms with E-state index in [2.05, 4.69) is 9.71 Å². The highest BCUT2D eigenvalue weighted by molar-refractivity contribution is 7.87. The molecule has 0 unspecified atom stereocenters. The van der Waals surface area contributed by atoms with Gasteiger partial charge in [-0.25, -0.2) is 4.98 Å². The maximum Gasteiger partial charge on any atom is 0.279 e. The number of hydrogen-bond donors (Lipinski definition) is 1. The molecule has 0 fully saturated rings. The summed E-state index contributed by atoms with van der Waals surface area (Å²) >= 11 is 0. The van der Waals surface area contributed by atoms with Crippen molar-refractivity contribution in [2.75, 3.05) is 13.6 Å². The number of ether oxygens (including phenoxy) is 1. The number of unbranched alkanes of at least 4 members (excludes halogenated alkanes) is 1. The zero-order valence-corrected chi connectivity index (χ0v) is 16.6. The number of hydrogen-bond acceptors (Lipinski definition) is 4. The molecule has 0 amide bonds. The highest BCUT2D eigenvalue weighted by atomic mass is 32.2. The second kappa shape index (κ2) is 9.12. The van der Waals surface area contributed by atoms with Crippen LogP contribution in [0.1, 0.15) is 36.5 Å². The summed E-state index contributed by atoms with van der Waals surface area (Å²) < 4.78 is 34.2. The van der Waals surface area contributed by atoms with Gasteiger partial charge in [-0.3, -0.25) is 0 Å². The molecule has 0 aliphatic heterocycles. The van der Waals surface area contributed by atoms with Gasteiger partial charge in [-0.2, -0.15) is 17.4 Å². The SMILES string of the molecule is CCCCN(C)S(=O)(=O)NCc1ccnc(Oc2ccc(C)c(C)c2)c1. The summed E-state index contributed by atoms with van der Waals surface area (Å²) in [5, 5.41) is 0. The molecule has 1 heterocycles. The molecule has 0 atom stereocenters. The average molecular weight is 378 g/mol. The van der Waals surface area contributed by atoms with Crippen LogP contribution in [0.5, 0.6) is 11.6 Å². The number of aryl methyl sites for hydroxylation is 2. The third-order valence-electron chi connectivity index (χ3n) is 4.20. The van der Waals surface area contributed by atoms with Crippen LogP contribution in [0.15, 0.2) is 36.5 Å². The van der Waals surface area contributed by atoms with Crippen LogP contribution in [0.4, 0.5) is 0 Å². The quantitative estimate of drug-likeness (QED) is 0.725. The minimum atomic E-state index is -3.49. The average Bonchev–Trinajstić information content (AvgIpc) is 2.61. The molecular formula is C19H27N3O3S. The van der Waals surface area contributed by atoms with E-state index >= 15 is 0 Å². The van der Waals surface area contributed by atoms with E-state index in [1.807, 2.05) is 39.0 Å². The summed E-state index contributed by atoms with van der Waals surface area (Å²) in [5.41, 5.74) is 3.12. The van der Waals surface area contributed by atoms with Crippen molar-refractivity contribution in [3.05, 3.63) is 53.2 Å². The molecule has 0 saturated heterocycles. The van der Waals surface area contributed by atoms with Crippen LogP contribution in [-0.4, -0.2) is 31.3 Å². The first-order chi connectivity index (χ1) is 12.3. The molecule has 0 radical (unpaired) electrons. The lowest BCUT2D eigenvalue weighted by Crippen LogP contribution is -2.38. The minimum absolute atomic E-state index is 0.185. The Bertz CT molecular complexity index is 838. The molecule has 142 valence electrons. The number of pyridine rings is 1. The predicted molar refractivity (Wildman–Crippen MR) is 104 cm³/mol. The molecule has 0 saturated carbocycles. The predicted octanol–water partition coefficient (Wildman–Crippen LogP) is 3.56. The zero-order chi connectivity index (χ0) is 19.2. The first-order valence-corrected chi connectivity index (χ1v) is 10.2. The van der Waals surface area contributed by atoms with Crippen molar-refractivity contribution in [2.45, 2.75) is 40.2 Å². The fourth-order valence-corrected chi connectivity index (χ4v) is 3.24. The Hall–Kier alpha value is -1.96. The van der Waals surface area contributed by atoms with Crippen molar-refractivity contribution in [2.24, 2.45) is 0 Å². The van der Waals surface area contributed by atoms with Crippen molar-refractivity contribution in [3.63, 3.8) is 0 Å². The maximum absolute atomic E-state index is 12.2.